The Morgan fingerprint density at radius 3 is 2.42 bits per heavy atom. The van der Waals surface area contributed by atoms with Gasteiger partial charge < -0.3 is 16.2 Å². The zero-order valence-electron chi connectivity index (χ0n) is 11.2. The number of carbonyl (C=O) groups excluding carboxylic acids is 1. The molecule has 0 aromatic heterocycles. The number of methoxy groups -OCH3 is 1. The van der Waals surface area contributed by atoms with Crippen LogP contribution in [0.15, 0.2) is 12.1 Å². The van der Waals surface area contributed by atoms with Crippen molar-refractivity contribution in [3.63, 3.8) is 0 Å². The van der Waals surface area contributed by atoms with Crippen LogP contribution >= 0.6 is 23.2 Å². The summed E-state index contributed by atoms with van der Waals surface area (Å²) >= 11 is 12.2. The number of rotatable bonds is 5. The van der Waals surface area contributed by atoms with Gasteiger partial charge in [-0.1, -0.05) is 37.0 Å². The molecule has 0 saturated heterocycles. The van der Waals surface area contributed by atoms with Crippen LogP contribution in [0.1, 0.15) is 31.9 Å². The van der Waals surface area contributed by atoms with E-state index in [-0.39, 0.29) is 0 Å². The molecule has 0 saturated carbocycles. The van der Waals surface area contributed by atoms with Crippen LogP contribution in [0.3, 0.4) is 0 Å². The Bertz CT molecular complexity index is 490. The van der Waals surface area contributed by atoms with Crippen molar-refractivity contribution in [3.05, 3.63) is 27.7 Å². The van der Waals surface area contributed by atoms with E-state index in [2.05, 4.69) is 0 Å². The van der Waals surface area contributed by atoms with Crippen LogP contribution in [-0.4, -0.2) is 13.0 Å². The van der Waals surface area contributed by atoms with Gasteiger partial charge in [0.05, 0.1) is 12.1 Å². The zero-order valence-corrected chi connectivity index (χ0v) is 12.7. The second-order valence-corrected chi connectivity index (χ2v) is 5.88. The van der Waals surface area contributed by atoms with Crippen LogP contribution in [0, 0.1) is 5.41 Å². The first-order chi connectivity index (χ1) is 8.69. The summed E-state index contributed by atoms with van der Waals surface area (Å²) in [6, 6.07) is 2.83. The van der Waals surface area contributed by atoms with Crippen molar-refractivity contribution < 1.29 is 9.53 Å². The van der Waals surface area contributed by atoms with E-state index in [4.69, 9.17) is 39.4 Å². The molecule has 1 aromatic carbocycles. The maximum atomic E-state index is 11.3. The number of halogens is 2. The van der Waals surface area contributed by atoms with E-state index in [0.29, 0.717) is 27.8 Å². The summed E-state index contributed by atoms with van der Waals surface area (Å²) < 4.78 is 5.07. The molecule has 1 amide bonds. The van der Waals surface area contributed by atoms with Crippen LogP contribution < -0.4 is 16.2 Å². The molecule has 1 atom stereocenters. The van der Waals surface area contributed by atoms with E-state index in [1.165, 1.54) is 7.11 Å². The highest BCUT2D eigenvalue weighted by atomic mass is 35.5. The van der Waals surface area contributed by atoms with Crippen molar-refractivity contribution in [1.82, 2.24) is 0 Å². The first-order valence-electron chi connectivity index (χ1n) is 5.77. The second-order valence-electron chi connectivity index (χ2n) is 5.07. The zero-order chi connectivity index (χ0) is 14.8. The van der Waals surface area contributed by atoms with Gasteiger partial charge in [-0.3, -0.25) is 4.79 Å². The molecular weight excluding hydrogens is 287 g/mol. The van der Waals surface area contributed by atoms with E-state index in [0.717, 1.165) is 0 Å². The summed E-state index contributed by atoms with van der Waals surface area (Å²) in [5, 5.41) is 0.878. The summed E-state index contributed by atoms with van der Waals surface area (Å²) in [7, 11) is 1.51. The van der Waals surface area contributed by atoms with Gasteiger partial charge in [0.2, 0.25) is 5.91 Å². The topological polar surface area (TPSA) is 78.3 Å². The van der Waals surface area contributed by atoms with Crippen LogP contribution in [0.25, 0.3) is 0 Å². The molecule has 0 fully saturated rings. The maximum Gasteiger partial charge on any atom is 0.223 e. The van der Waals surface area contributed by atoms with Gasteiger partial charge in [0.25, 0.3) is 0 Å². The Kier molecular flexibility index (Phi) is 5.07. The van der Waals surface area contributed by atoms with E-state index in [9.17, 15) is 4.79 Å². The number of nitrogens with two attached hydrogens (primary N) is 2. The van der Waals surface area contributed by atoms with Gasteiger partial charge in [0, 0.05) is 22.5 Å². The van der Waals surface area contributed by atoms with Crippen LogP contribution in [0.5, 0.6) is 5.75 Å². The molecule has 19 heavy (non-hydrogen) atoms. The Balaban J connectivity index is 3.04. The molecule has 106 valence electrons. The van der Waals surface area contributed by atoms with E-state index >= 15 is 0 Å². The van der Waals surface area contributed by atoms with E-state index in [1.54, 1.807) is 26.0 Å². The minimum absolute atomic E-state index is 0.380. The summed E-state index contributed by atoms with van der Waals surface area (Å²) in [6.07, 6.45) is 0.380. The molecule has 4 N–H and O–H groups in total. The molecule has 0 aliphatic heterocycles. The fourth-order valence-electron chi connectivity index (χ4n) is 1.74. The monoisotopic (exact) mass is 304 g/mol. The lowest BCUT2D eigenvalue weighted by atomic mass is 9.83. The molecule has 1 rings (SSSR count). The predicted molar refractivity (Wildman–Crippen MR) is 77.5 cm³/mol. The maximum absolute atomic E-state index is 11.3. The van der Waals surface area contributed by atoms with E-state index < -0.39 is 17.4 Å². The molecule has 4 nitrogen and oxygen atoms in total. The van der Waals surface area contributed by atoms with Crippen LogP contribution in [0.2, 0.25) is 10.0 Å². The Labute approximate surface area is 123 Å². The Hall–Kier alpha value is -0.970. The number of carbonyl (C=O) groups is 1. The summed E-state index contributed by atoms with van der Waals surface area (Å²) in [5.74, 6) is 0.0791. The minimum atomic E-state index is -0.713. The largest absolute Gasteiger partial charge is 0.495 e. The number of primary amides is 1. The van der Waals surface area contributed by atoms with Gasteiger partial charge in [0.15, 0.2) is 0 Å². The third-order valence-corrected chi connectivity index (χ3v) is 3.69. The molecule has 0 spiro atoms. The molecule has 1 aromatic rings. The second kappa shape index (κ2) is 5.99. The van der Waals surface area contributed by atoms with Crippen molar-refractivity contribution in [2.45, 2.75) is 26.3 Å². The highest BCUT2D eigenvalue weighted by molar-refractivity contribution is 6.34. The molecular formula is C13H18Cl2N2O2. The summed E-state index contributed by atoms with van der Waals surface area (Å²) in [6.45, 7) is 3.49. The number of amides is 1. The van der Waals surface area contributed by atoms with Crippen molar-refractivity contribution in [1.29, 1.82) is 0 Å². The average Bonchev–Trinajstić information content (AvgIpc) is 2.30. The van der Waals surface area contributed by atoms with Gasteiger partial charge in [-0.05, 0) is 18.1 Å². The fourth-order valence-corrected chi connectivity index (χ4v) is 2.29. The fraction of sp³-hybridized carbons (Fsp3) is 0.462. The van der Waals surface area contributed by atoms with Crippen LogP contribution in [-0.2, 0) is 4.79 Å². The van der Waals surface area contributed by atoms with Gasteiger partial charge >= 0.3 is 0 Å². The van der Waals surface area contributed by atoms with Crippen molar-refractivity contribution >= 4 is 29.1 Å². The molecule has 1 unspecified atom stereocenters. The number of benzene rings is 1. The average molecular weight is 305 g/mol. The molecule has 0 radical (unpaired) electrons. The van der Waals surface area contributed by atoms with Gasteiger partial charge in [-0.2, -0.15) is 0 Å². The highest BCUT2D eigenvalue weighted by Crippen LogP contribution is 2.37. The molecule has 0 bridgehead atoms. The lowest BCUT2D eigenvalue weighted by molar-refractivity contribution is -0.126. The predicted octanol–water partition coefficient (Wildman–Crippen LogP) is 2.90. The molecule has 0 aliphatic carbocycles. The first-order valence-corrected chi connectivity index (χ1v) is 6.53. The normalized spacial score (nSPS) is 13.2. The smallest absolute Gasteiger partial charge is 0.223 e. The molecule has 6 heteroatoms. The van der Waals surface area contributed by atoms with Gasteiger partial charge in [-0.25, -0.2) is 0 Å². The number of hydrogen-bond donors (Lipinski definition) is 2. The first kappa shape index (κ1) is 16.1. The Morgan fingerprint density at radius 1 is 1.37 bits per heavy atom. The summed E-state index contributed by atoms with van der Waals surface area (Å²) in [4.78, 5) is 11.3. The van der Waals surface area contributed by atoms with Crippen molar-refractivity contribution in [2.24, 2.45) is 16.9 Å². The van der Waals surface area contributed by atoms with Crippen molar-refractivity contribution in [2.75, 3.05) is 7.11 Å². The Morgan fingerprint density at radius 2 is 1.95 bits per heavy atom. The molecule has 0 aliphatic rings. The quantitative estimate of drug-likeness (QED) is 0.878. The molecule has 0 heterocycles. The standard InChI is InChI=1S/C13H18Cl2N2O2/c1-13(2,12(17)18)6-10(16)7-4-9(15)11(19-3)5-8(7)14/h4-5,10H,6,16H2,1-3H3,(H2,17,18). The number of ether oxygens (including phenoxy) is 1. The highest BCUT2D eigenvalue weighted by Gasteiger charge is 2.29. The minimum Gasteiger partial charge on any atom is -0.495 e. The third-order valence-electron chi connectivity index (χ3n) is 3.07. The lowest BCUT2D eigenvalue weighted by Gasteiger charge is -2.25. The third kappa shape index (κ3) is 3.75. The SMILES string of the molecule is COc1cc(Cl)c(C(N)CC(C)(C)C(N)=O)cc1Cl. The van der Waals surface area contributed by atoms with Gasteiger partial charge in [-0.15, -0.1) is 0 Å². The van der Waals surface area contributed by atoms with Crippen molar-refractivity contribution in [3.8, 4) is 5.75 Å². The summed E-state index contributed by atoms with van der Waals surface area (Å²) in [5.41, 5.74) is 11.4. The lowest BCUT2D eigenvalue weighted by Crippen LogP contribution is -2.34. The van der Waals surface area contributed by atoms with Gasteiger partial charge in [0.1, 0.15) is 5.75 Å². The van der Waals surface area contributed by atoms with E-state index in [1.807, 2.05) is 0 Å². The van der Waals surface area contributed by atoms with Crippen LogP contribution in [0.4, 0.5) is 0 Å². The number of hydrogen-bond acceptors (Lipinski definition) is 3.